The Morgan fingerprint density at radius 3 is 1.47 bits per heavy atom. The van der Waals surface area contributed by atoms with Gasteiger partial charge in [-0.15, -0.1) is 0 Å². The van der Waals surface area contributed by atoms with Gasteiger partial charge in [-0.3, -0.25) is 0 Å². The van der Waals surface area contributed by atoms with Crippen LogP contribution in [0.15, 0.2) is 0 Å². The average Bonchev–Trinajstić information content (AvgIpc) is 3.37. The Balaban J connectivity index is 1.85. The fourth-order valence-electron chi connectivity index (χ4n) is 4.50. The first-order valence-electron chi connectivity index (χ1n) is 13.7. The van der Waals surface area contributed by atoms with Crippen molar-refractivity contribution in [3.63, 3.8) is 0 Å². The third kappa shape index (κ3) is 10.1. The lowest BCUT2D eigenvalue weighted by atomic mass is 10.1. The molecule has 2 rings (SSSR count). The van der Waals surface area contributed by atoms with Gasteiger partial charge in [0.05, 0.1) is 26.4 Å². The summed E-state index contributed by atoms with van der Waals surface area (Å²) in [7, 11) is 0. The lowest BCUT2D eigenvalue weighted by molar-refractivity contribution is -0.218. The van der Waals surface area contributed by atoms with Crippen molar-refractivity contribution in [2.24, 2.45) is 0 Å². The first kappa shape index (κ1) is 33.7. The molecule has 2 saturated heterocycles. The molecule has 2 heterocycles. The molecule has 10 atom stereocenters. The smallest absolute Gasteiger partial charge is 0.186 e. The van der Waals surface area contributed by atoms with E-state index in [1.165, 1.54) is 25.7 Å². The highest BCUT2D eigenvalue weighted by Crippen LogP contribution is 2.27. The maximum atomic E-state index is 10.2. The zero-order chi connectivity index (χ0) is 28.1. The molecule has 0 bridgehead atoms. The molecule has 8 N–H and O–H groups in total. The van der Waals surface area contributed by atoms with E-state index in [-0.39, 0.29) is 13.2 Å². The molecule has 2 aliphatic rings. The van der Waals surface area contributed by atoms with E-state index in [4.69, 9.17) is 33.9 Å². The van der Waals surface area contributed by atoms with Crippen molar-refractivity contribution >= 4 is 0 Å². The Morgan fingerprint density at radius 1 is 0.632 bits per heavy atom. The number of aliphatic hydroxyl groups is 8. The average molecular weight is 557 g/mol. The Labute approximate surface area is 223 Å². The second-order valence-electron chi connectivity index (χ2n) is 10.0. The Kier molecular flexibility index (Phi) is 16.0. The molecule has 0 radical (unpaired) electrons. The van der Waals surface area contributed by atoms with Gasteiger partial charge in [0.25, 0.3) is 0 Å². The lowest BCUT2D eigenvalue weighted by Crippen LogP contribution is -2.41. The van der Waals surface area contributed by atoms with Gasteiger partial charge in [0.1, 0.15) is 54.9 Å². The molecule has 0 amide bonds. The fourth-order valence-corrected chi connectivity index (χ4v) is 4.50. The van der Waals surface area contributed by atoms with Gasteiger partial charge in [0, 0.05) is 6.61 Å². The maximum Gasteiger partial charge on any atom is 0.186 e. The molecule has 0 saturated carbocycles. The maximum absolute atomic E-state index is 10.2. The second kappa shape index (κ2) is 18.0. The van der Waals surface area contributed by atoms with E-state index >= 15 is 0 Å². The van der Waals surface area contributed by atoms with Crippen LogP contribution in [0.25, 0.3) is 0 Å². The van der Waals surface area contributed by atoms with Gasteiger partial charge in [-0.1, -0.05) is 51.9 Å². The first-order chi connectivity index (χ1) is 18.2. The quantitative estimate of drug-likeness (QED) is 0.0775. The summed E-state index contributed by atoms with van der Waals surface area (Å²) < 4.78 is 27.8. The summed E-state index contributed by atoms with van der Waals surface area (Å²) in [6.07, 6.45) is -5.49. The van der Waals surface area contributed by atoms with Crippen molar-refractivity contribution in [1.82, 2.24) is 0 Å². The Bertz CT molecular complexity index is 574. The van der Waals surface area contributed by atoms with Crippen LogP contribution in [0.4, 0.5) is 0 Å². The molecular formula is C25H48O13. The SMILES string of the molecule is CCCCCCCCCCOC(CO[C@@H]1O[C@H]([C@H](O)CO)[C@H](O)[C@@H]1O)CO[C@@H]1O[C@H]([C@H](O)CO)[C@H](O)[C@@H]1O. The van der Waals surface area contributed by atoms with E-state index in [1.54, 1.807) is 0 Å². The minimum absolute atomic E-state index is 0.151. The van der Waals surface area contributed by atoms with Crippen LogP contribution in [-0.2, 0) is 23.7 Å². The molecule has 0 aromatic rings. The zero-order valence-corrected chi connectivity index (χ0v) is 22.2. The summed E-state index contributed by atoms with van der Waals surface area (Å²) in [6.45, 7) is 0.931. The first-order valence-corrected chi connectivity index (χ1v) is 13.7. The molecule has 2 aliphatic heterocycles. The summed E-state index contributed by atoms with van der Waals surface area (Å²) >= 11 is 0. The third-order valence-electron chi connectivity index (χ3n) is 6.89. The van der Waals surface area contributed by atoms with Crippen LogP contribution in [0, 0.1) is 0 Å². The number of rotatable bonds is 20. The Hall–Kier alpha value is -0.520. The van der Waals surface area contributed by atoms with Crippen molar-refractivity contribution in [3.05, 3.63) is 0 Å². The van der Waals surface area contributed by atoms with Crippen molar-refractivity contribution in [1.29, 1.82) is 0 Å². The molecule has 0 aliphatic carbocycles. The summed E-state index contributed by atoms with van der Waals surface area (Å²) in [6, 6.07) is 0. The van der Waals surface area contributed by atoms with E-state index in [1.807, 2.05) is 0 Å². The highest BCUT2D eigenvalue weighted by Gasteiger charge is 2.48. The normalized spacial score (nSPS) is 33.3. The molecule has 13 nitrogen and oxygen atoms in total. The van der Waals surface area contributed by atoms with Crippen molar-refractivity contribution in [2.75, 3.05) is 33.0 Å². The minimum Gasteiger partial charge on any atom is -0.394 e. The zero-order valence-electron chi connectivity index (χ0n) is 22.2. The molecule has 0 aromatic heterocycles. The summed E-state index contributed by atoms with van der Waals surface area (Å²) in [5, 5.41) is 78.4. The molecule has 0 spiro atoms. The van der Waals surface area contributed by atoms with E-state index < -0.39 is 80.7 Å². The number of hydrogen-bond donors (Lipinski definition) is 8. The number of unbranched alkanes of at least 4 members (excludes halogenated alkanes) is 7. The van der Waals surface area contributed by atoms with E-state index in [0.29, 0.717) is 6.61 Å². The number of hydrogen-bond acceptors (Lipinski definition) is 13. The predicted molar refractivity (Wildman–Crippen MR) is 132 cm³/mol. The summed E-state index contributed by atoms with van der Waals surface area (Å²) in [5.74, 6) is 0. The minimum atomic E-state index is -1.47. The lowest BCUT2D eigenvalue weighted by Gasteiger charge is -2.24. The number of ether oxygens (including phenoxy) is 5. The molecule has 13 heteroatoms. The molecular weight excluding hydrogens is 508 g/mol. The van der Waals surface area contributed by atoms with Crippen LogP contribution in [0.1, 0.15) is 58.3 Å². The highest BCUT2D eigenvalue weighted by atomic mass is 16.7. The summed E-state index contributed by atoms with van der Waals surface area (Å²) in [5.41, 5.74) is 0. The molecule has 226 valence electrons. The van der Waals surface area contributed by atoms with Crippen LogP contribution < -0.4 is 0 Å². The topological polar surface area (TPSA) is 208 Å². The molecule has 38 heavy (non-hydrogen) atoms. The van der Waals surface area contributed by atoms with Gasteiger partial charge in [0.15, 0.2) is 12.6 Å². The van der Waals surface area contributed by atoms with Crippen molar-refractivity contribution in [2.45, 2.75) is 126 Å². The molecule has 0 unspecified atom stereocenters. The Morgan fingerprint density at radius 2 is 1.05 bits per heavy atom. The van der Waals surface area contributed by atoms with Gasteiger partial charge in [-0.05, 0) is 6.42 Å². The fraction of sp³-hybridized carbons (Fsp3) is 1.00. The van der Waals surface area contributed by atoms with Gasteiger partial charge < -0.3 is 64.5 Å². The van der Waals surface area contributed by atoms with Crippen LogP contribution in [0.5, 0.6) is 0 Å². The van der Waals surface area contributed by atoms with E-state index in [9.17, 15) is 30.6 Å². The second-order valence-corrected chi connectivity index (χ2v) is 10.0. The van der Waals surface area contributed by atoms with Gasteiger partial charge in [-0.2, -0.15) is 0 Å². The summed E-state index contributed by atoms with van der Waals surface area (Å²) in [4.78, 5) is 0. The standard InChI is InChI=1S/C25H48O13/c1-2-3-4-5-6-7-8-9-10-34-15(13-35-24-20(32)18(30)22(37-24)16(28)11-26)14-36-25-21(33)19(31)23(38-25)17(29)12-27/h15-33H,2-14H2,1H3/t16-,17-,18-,19-,20+,21+,22-,23-,24-,25-/m1/s1. The monoisotopic (exact) mass is 556 g/mol. The van der Waals surface area contributed by atoms with Crippen LogP contribution >= 0.6 is 0 Å². The van der Waals surface area contributed by atoms with Crippen molar-refractivity contribution in [3.8, 4) is 0 Å². The van der Waals surface area contributed by atoms with Crippen LogP contribution in [-0.4, -0.2) is 141 Å². The van der Waals surface area contributed by atoms with E-state index in [0.717, 1.165) is 25.7 Å². The predicted octanol–water partition coefficient (Wildman–Crippen LogP) is -1.85. The number of aliphatic hydroxyl groups excluding tert-OH is 8. The van der Waals surface area contributed by atoms with Gasteiger partial charge in [0.2, 0.25) is 0 Å². The third-order valence-corrected chi connectivity index (χ3v) is 6.89. The van der Waals surface area contributed by atoms with Gasteiger partial charge in [-0.25, -0.2) is 0 Å². The molecule has 2 fully saturated rings. The van der Waals surface area contributed by atoms with Crippen LogP contribution in [0.2, 0.25) is 0 Å². The largest absolute Gasteiger partial charge is 0.394 e. The van der Waals surface area contributed by atoms with E-state index in [2.05, 4.69) is 6.92 Å². The van der Waals surface area contributed by atoms with Crippen molar-refractivity contribution < 1.29 is 64.5 Å². The molecule has 0 aromatic carbocycles. The highest BCUT2D eigenvalue weighted by molar-refractivity contribution is 4.92. The van der Waals surface area contributed by atoms with Crippen LogP contribution in [0.3, 0.4) is 0 Å². The van der Waals surface area contributed by atoms with Gasteiger partial charge >= 0.3 is 0 Å².